The van der Waals surface area contributed by atoms with E-state index >= 15 is 0 Å². The zero-order valence-electron chi connectivity index (χ0n) is 11.0. The minimum absolute atomic E-state index is 0.130. The second-order valence-corrected chi connectivity index (χ2v) is 4.67. The Morgan fingerprint density at radius 3 is 2.56 bits per heavy atom. The van der Waals surface area contributed by atoms with E-state index < -0.39 is 0 Å². The number of nitrogens with zero attached hydrogens (tertiary/aromatic N) is 1. The molecule has 0 radical (unpaired) electrons. The van der Waals surface area contributed by atoms with Crippen LogP contribution in [-0.4, -0.2) is 10.8 Å². The lowest BCUT2D eigenvalue weighted by Gasteiger charge is -2.06. The van der Waals surface area contributed by atoms with Crippen LogP contribution in [0.5, 0.6) is 0 Å². The van der Waals surface area contributed by atoms with Gasteiger partial charge in [-0.05, 0) is 38.5 Å². The van der Waals surface area contributed by atoms with E-state index in [9.17, 15) is 4.79 Å². The van der Waals surface area contributed by atoms with Gasteiger partial charge in [-0.2, -0.15) is 0 Å². The summed E-state index contributed by atoms with van der Waals surface area (Å²) in [5, 5.41) is 0. The number of ketones is 1. The maximum Gasteiger partial charge on any atom is 0.169 e. The Morgan fingerprint density at radius 2 is 1.89 bits per heavy atom. The van der Waals surface area contributed by atoms with E-state index in [4.69, 9.17) is 0 Å². The molecule has 1 aromatic carbocycles. The lowest BCUT2D eigenvalue weighted by Crippen LogP contribution is -2.07. The Labute approximate surface area is 108 Å². The monoisotopic (exact) mass is 239 g/mol. The van der Waals surface area contributed by atoms with Crippen molar-refractivity contribution in [3.63, 3.8) is 0 Å². The molecule has 2 heteroatoms. The van der Waals surface area contributed by atoms with Crippen LogP contribution < -0.4 is 0 Å². The van der Waals surface area contributed by atoms with Crippen LogP contribution in [0, 0.1) is 20.8 Å². The highest BCUT2D eigenvalue weighted by molar-refractivity contribution is 5.98. The van der Waals surface area contributed by atoms with E-state index in [0.717, 1.165) is 22.5 Å². The number of carbonyl (C=O) groups is 1. The molecule has 0 aliphatic heterocycles. The molecule has 2 nitrogen and oxygen atoms in total. The van der Waals surface area contributed by atoms with Gasteiger partial charge in [0.1, 0.15) is 0 Å². The molecule has 0 unspecified atom stereocenters. The van der Waals surface area contributed by atoms with Crippen molar-refractivity contribution in [1.29, 1.82) is 0 Å². The number of hydrogen-bond donors (Lipinski definition) is 0. The number of Topliss-reactive ketones (excluding diaryl/α,β-unsaturated/α-hetero) is 1. The van der Waals surface area contributed by atoms with Crippen LogP contribution in [0.2, 0.25) is 0 Å². The van der Waals surface area contributed by atoms with Gasteiger partial charge in [0.2, 0.25) is 0 Å². The Morgan fingerprint density at radius 1 is 1.11 bits per heavy atom. The quantitative estimate of drug-likeness (QED) is 0.768. The first kappa shape index (κ1) is 12.5. The van der Waals surface area contributed by atoms with Crippen LogP contribution in [-0.2, 0) is 6.42 Å². The molecule has 0 aliphatic carbocycles. The summed E-state index contributed by atoms with van der Waals surface area (Å²) in [5.74, 6) is 0.130. The van der Waals surface area contributed by atoms with Gasteiger partial charge in [-0.15, -0.1) is 0 Å². The lowest BCUT2D eigenvalue weighted by atomic mass is 10.0. The van der Waals surface area contributed by atoms with Crippen molar-refractivity contribution in [2.75, 3.05) is 0 Å². The highest BCUT2D eigenvalue weighted by Crippen LogP contribution is 2.12. The molecular weight excluding hydrogens is 222 g/mol. The summed E-state index contributed by atoms with van der Waals surface area (Å²) in [5.41, 5.74) is 4.72. The molecule has 18 heavy (non-hydrogen) atoms. The first-order chi connectivity index (χ1) is 8.56. The van der Waals surface area contributed by atoms with Gasteiger partial charge in [-0.1, -0.05) is 29.8 Å². The van der Waals surface area contributed by atoms with Crippen molar-refractivity contribution < 1.29 is 4.79 Å². The molecule has 0 atom stereocenters. The third kappa shape index (κ3) is 2.83. The van der Waals surface area contributed by atoms with Crippen molar-refractivity contribution >= 4 is 5.78 Å². The summed E-state index contributed by atoms with van der Waals surface area (Å²) in [4.78, 5) is 16.6. The van der Waals surface area contributed by atoms with Crippen molar-refractivity contribution in [3.05, 3.63) is 64.5 Å². The molecule has 0 spiro atoms. The first-order valence-corrected chi connectivity index (χ1v) is 6.09. The van der Waals surface area contributed by atoms with Crippen LogP contribution in [0.15, 0.2) is 36.4 Å². The van der Waals surface area contributed by atoms with E-state index in [1.54, 1.807) is 0 Å². The van der Waals surface area contributed by atoms with Crippen LogP contribution >= 0.6 is 0 Å². The summed E-state index contributed by atoms with van der Waals surface area (Å²) < 4.78 is 0. The molecule has 0 fully saturated rings. The van der Waals surface area contributed by atoms with Crippen LogP contribution in [0.4, 0.5) is 0 Å². The molecule has 2 aromatic rings. The van der Waals surface area contributed by atoms with E-state index in [1.807, 2.05) is 51.1 Å². The van der Waals surface area contributed by atoms with Gasteiger partial charge in [0, 0.05) is 23.4 Å². The molecule has 0 saturated heterocycles. The smallest absolute Gasteiger partial charge is 0.169 e. The van der Waals surface area contributed by atoms with Crippen LogP contribution in [0.3, 0.4) is 0 Å². The predicted molar refractivity (Wildman–Crippen MR) is 72.9 cm³/mol. The number of benzene rings is 1. The van der Waals surface area contributed by atoms with E-state index in [-0.39, 0.29) is 5.78 Å². The van der Waals surface area contributed by atoms with Crippen molar-refractivity contribution in [3.8, 4) is 0 Å². The highest BCUT2D eigenvalue weighted by atomic mass is 16.1. The first-order valence-electron chi connectivity index (χ1n) is 6.09. The van der Waals surface area contributed by atoms with E-state index in [1.165, 1.54) is 5.56 Å². The van der Waals surface area contributed by atoms with Gasteiger partial charge < -0.3 is 0 Å². The molecule has 0 saturated carbocycles. The molecule has 1 heterocycles. The topological polar surface area (TPSA) is 30.0 Å². The molecule has 2 rings (SSSR count). The Hall–Kier alpha value is -1.96. The largest absolute Gasteiger partial charge is 0.294 e. The maximum atomic E-state index is 12.2. The van der Waals surface area contributed by atoms with Crippen molar-refractivity contribution in [2.45, 2.75) is 27.2 Å². The molecule has 0 aliphatic rings. The van der Waals surface area contributed by atoms with Gasteiger partial charge in [0.05, 0.1) is 0 Å². The normalized spacial score (nSPS) is 10.4. The zero-order chi connectivity index (χ0) is 13.1. The second-order valence-electron chi connectivity index (χ2n) is 4.67. The molecular formula is C16H17NO. The van der Waals surface area contributed by atoms with Gasteiger partial charge >= 0.3 is 0 Å². The number of hydrogen-bond acceptors (Lipinski definition) is 2. The zero-order valence-corrected chi connectivity index (χ0v) is 11.0. The average Bonchev–Trinajstić information content (AvgIpc) is 2.28. The summed E-state index contributed by atoms with van der Waals surface area (Å²) in [6, 6.07) is 11.8. The third-order valence-electron chi connectivity index (χ3n) is 2.97. The minimum Gasteiger partial charge on any atom is -0.294 e. The average molecular weight is 239 g/mol. The Balaban J connectivity index is 2.22. The minimum atomic E-state index is 0.130. The number of rotatable bonds is 3. The van der Waals surface area contributed by atoms with Crippen LogP contribution in [0.25, 0.3) is 0 Å². The number of aromatic nitrogens is 1. The second kappa shape index (κ2) is 5.13. The third-order valence-corrected chi connectivity index (χ3v) is 2.97. The summed E-state index contributed by atoms with van der Waals surface area (Å²) in [6.07, 6.45) is 0.438. The Kier molecular flexibility index (Phi) is 3.56. The van der Waals surface area contributed by atoms with Gasteiger partial charge in [-0.3, -0.25) is 9.78 Å². The van der Waals surface area contributed by atoms with Gasteiger partial charge in [0.25, 0.3) is 0 Å². The fourth-order valence-corrected chi connectivity index (χ4v) is 2.08. The molecule has 0 amide bonds. The van der Waals surface area contributed by atoms with Gasteiger partial charge in [-0.25, -0.2) is 0 Å². The van der Waals surface area contributed by atoms with Crippen molar-refractivity contribution in [2.24, 2.45) is 0 Å². The molecule has 0 bridgehead atoms. The predicted octanol–water partition coefficient (Wildman–Crippen LogP) is 3.43. The van der Waals surface area contributed by atoms with Crippen LogP contribution in [0.1, 0.15) is 32.9 Å². The van der Waals surface area contributed by atoms with E-state index in [0.29, 0.717) is 6.42 Å². The highest BCUT2D eigenvalue weighted by Gasteiger charge is 2.10. The maximum absolute atomic E-state index is 12.2. The molecule has 1 aromatic heterocycles. The summed E-state index contributed by atoms with van der Waals surface area (Å²) in [6.45, 7) is 5.85. The number of pyridine rings is 1. The lowest BCUT2D eigenvalue weighted by molar-refractivity contribution is 0.0992. The standard InChI is InChI=1S/C16H17NO/c1-11-5-4-6-14(9-11)10-16(18)15-8-7-12(2)17-13(15)3/h4-9H,10H2,1-3H3. The van der Waals surface area contributed by atoms with Crippen molar-refractivity contribution in [1.82, 2.24) is 4.98 Å². The fraction of sp³-hybridized carbons (Fsp3) is 0.250. The number of aryl methyl sites for hydroxylation is 3. The SMILES string of the molecule is Cc1cccc(CC(=O)c2ccc(C)nc2C)c1. The fourth-order valence-electron chi connectivity index (χ4n) is 2.08. The molecule has 92 valence electrons. The summed E-state index contributed by atoms with van der Waals surface area (Å²) in [7, 11) is 0. The molecule has 0 N–H and O–H groups in total. The Bertz CT molecular complexity index is 587. The number of carbonyl (C=O) groups excluding carboxylic acids is 1. The summed E-state index contributed by atoms with van der Waals surface area (Å²) >= 11 is 0. The van der Waals surface area contributed by atoms with Gasteiger partial charge in [0.15, 0.2) is 5.78 Å². The van der Waals surface area contributed by atoms with E-state index in [2.05, 4.69) is 11.1 Å².